The van der Waals surface area contributed by atoms with E-state index in [9.17, 15) is 9.18 Å². The number of nitriles is 1. The summed E-state index contributed by atoms with van der Waals surface area (Å²) in [5, 5.41) is 8.59. The number of rotatable bonds is 4. The first-order chi connectivity index (χ1) is 8.63. The summed E-state index contributed by atoms with van der Waals surface area (Å²) in [6, 6.07) is 6.21. The van der Waals surface area contributed by atoms with E-state index in [1.54, 1.807) is 4.90 Å². The third-order valence-corrected chi connectivity index (χ3v) is 2.96. The van der Waals surface area contributed by atoms with Gasteiger partial charge in [-0.15, -0.1) is 0 Å². The lowest BCUT2D eigenvalue weighted by atomic mass is 10.1. The van der Waals surface area contributed by atoms with Crippen LogP contribution in [-0.2, 0) is 0 Å². The number of benzene rings is 1. The standard InChI is InChI=1S/C13H14FN3O/c14-11-5-2-9(8-12(11)16)13(18)17(7-1-6-15)10-3-4-10/h2,5,8,10H,1,3-4,7,16H2. The number of hydrogen-bond donors (Lipinski definition) is 1. The number of anilines is 1. The minimum atomic E-state index is -0.526. The van der Waals surface area contributed by atoms with Crippen molar-refractivity contribution in [1.29, 1.82) is 5.26 Å². The van der Waals surface area contributed by atoms with Crippen molar-refractivity contribution in [3.63, 3.8) is 0 Å². The fourth-order valence-electron chi connectivity index (χ4n) is 1.85. The normalized spacial score (nSPS) is 14.0. The highest BCUT2D eigenvalue weighted by atomic mass is 19.1. The summed E-state index contributed by atoms with van der Waals surface area (Å²) in [4.78, 5) is 13.9. The van der Waals surface area contributed by atoms with Crippen LogP contribution in [0.3, 0.4) is 0 Å². The summed E-state index contributed by atoms with van der Waals surface area (Å²) in [6.45, 7) is 0.414. The fourth-order valence-corrected chi connectivity index (χ4v) is 1.85. The van der Waals surface area contributed by atoms with Gasteiger partial charge in [0.2, 0.25) is 0 Å². The first-order valence-corrected chi connectivity index (χ1v) is 5.86. The molecule has 0 saturated heterocycles. The maximum absolute atomic E-state index is 13.0. The Morgan fingerprint density at radius 3 is 2.83 bits per heavy atom. The molecule has 0 atom stereocenters. The first-order valence-electron chi connectivity index (χ1n) is 5.86. The van der Waals surface area contributed by atoms with Gasteiger partial charge in [0, 0.05) is 18.2 Å². The van der Waals surface area contributed by atoms with Crippen molar-refractivity contribution in [3.05, 3.63) is 29.6 Å². The second-order valence-corrected chi connectivity index (χ2v) is 4.37. The largest absolute Gasteiger partial charge is 0.396 e. The number of nitrogens with zero attached hydrogens (tertiary/aromatic N) is 2. The van der Waals surface area contributed by atoms with E-state index in [2.05, 4.69) is 0 Å². The van der Waals surface area contributed by atoms with Gasteiger partial charge in [-0.05, 0) is 31.0 Å². The SMILES string of the molecule is N#CCCN(C(=O)c1ccc(F)c(N)c1)C1CC1. The van der Waals surface area contributed by atoms with Crippen LogP contribution in [0.4, 0.5) is 10.1 Å². The molecule has 2 rings (SSSR count). The average molecular weight is 247 g/mol. The van der Waals surface area contributed by atoms with Crippen LogP contribution in [0, 0.1) is 17.1 Å². The Labute approximate surface area is 105 Å². The van der Waals surface area contributed by atoms with Gasteiger partial charge in [-0.3, -0.25) is 4.79 Å². The second-order valence-electron chi connectivity index (χ2n) is 4.37. The minimum Gasteiger partial charge on any atom is -0.396 e. The molecule has 0 aliphatic heterocycles. The van der Waals surface area contributed by atoms with Crippen molar-refractivity contribution in [2.75, 3.05) is 12.3 Å². The summed E-state index contributed by atoms with van der Waals surface area (Å²) in [5.41, 5.74) is 5.80. The molecule has 1 fully saturated rings. The van der Waals surface area contributed by atoms with E-state index in [4.69, 9.17) is 11.0 Å². The summed E-state index contributed by atoms with van der Waals surface area (Å²) in [5.74, 6) is -0.707. The van der Waals surface area contributed by atoms with Gasteiger partial charge < -0.3 is 10.6 Å². The van der Waals surface area contributed by atoms with Gasteiger partial charge in [-0.1, -0.05) is 0 Å². The van der Waals surface area contributed by atoms with Crippen LogP contribution < -0.4 is 5.73 Å². The van der Waals surface area contributed by atoms with Gasteiger partial charge in [0.15, 0.2) is 0 Å². The van der Waals surface area contributed by atoms with Crippen LogP contribution in [0.25, 0.3) is 0 Å². The molecule has 0 heterocycles. The lowest BCUT2D eigenvalue weighted by molar-refractivity contribution is 0.0747. The summed E-state index contributed by atoms with van der Waals surface area (Å²) >= 11 is 0. The highest BCUT2D eigenvalue weighted by Crippen LogP contribution is 2.28. The molecule has 2 N–H and O–H groups in total. The molecule has 1 aromatic rings. The van der Waals surface area contributed by atoms with Crippen molar-refractivity contribution in [2.24, 2.45) is 0 Å². The molecule has 1 aromatic carbocycles. The molecule has 0 spiro atoms. The van der Waals surface area contributed by atoms with E-state index in [0.717, 1.165) is 12.8 Å². The number of carbonyl (C=O) groups is 1. The van der Waals surface area contributed by atoms with Crippen LogP contribution >= 0.6 is 0 Å². The molecule has 0 radical (unpaired) electrons. The number of halogens is 1. The van der Waals surface area contributed by atoms with Gasteiger partial charge in [0.1, 0.15) is 5.82 Å². The van der Waals surface area contributed by atoms with E-state index in [1.165, 1.54) is 18.2 Å². The Balaban J connectivity index is 2.17. The maximum atomic E-state index is 13.0. The zero-order valence-corrected chi connectivity index (χ0v) is 9.90. The molecule has 5 heteroatoms. The van der Waals surface area contributed by atoms with Gasteiger partial charge in [-0.2, -0.15) is 5.26 Å². The van der Waals surface area contributed by atoms with Crippen LogP contribution in [-0.4, -0.2) is 23.4 Å². The smallest absolute Gasteiger partial charge is 0.254 e. The zero-order valence-electron chi connectivity index (χ0n) is 9.90. The molecule has 0 aromatic heterocycles. The Hall–Kier alpha value is -2.09. The Kier molecular flexibility index (Phi) is 3.47. The molecule has 1 aliphatic rings. The number of hydrogen-bond acceptors (Lipinski definition) is 3. The number of nitrogen functional groups attached to an aromatic ring is 1. The third-order valence-electron chi connectivity index (χ3n) is 2.96. The summed E-state index contributed by atoms with van der Waals surface area (Å²) in [6.07, 6.45) is 2.24. The molecule has 1 saturated carbocycles. The van der Waals surface area contributed by atoms with Gasteiger partial charge in [0.05, 0.1) is 18.2 Å². The number of nitrogens with two attached hydrogens (primary N) is 1. The zero-order chi connectivity index (χ0) is 13.1. The van der Waals surface area contributed by atoms with Crippen LogP contribution in [0.15, 0.2) is 18.2 Å². The molecule has 1 aliphatic carbocycles. The van der Waals surface area contributed by atoms with Crippen LogP contribution in [0.1, 0.15) is 29.6 Å². The quantitative estimate of drug-likeness (QED) is 0.826. The third kappa shape index (κ3) is 2.59. The second kappa shape index (κ2) is 5.05. The highest BCUT2D eigenvalue weighted by Gasteiger charge is 2.32. The molecule has 4 nitrogen and oxygen atoms in total. The monoisotopic (exact) mass is 247 g/mol. The van der Waals surface area contributed by atoms with Crippen LogP contribution in [0.2, 0.25) is 0 Å². The Morgan fingerprint density at radius 1 is 1.56 bits per heavy atom. The van der Waals surface area contributed by atoms with Crippen molar-refractivity contribution < 1.29 is 9.18 Å². The topological polar surface area (TPSA) is 70.1 Å². The number of carbonyl (C=O) groups excluding carboxylic acids is 1. The van der Waals surface area contributed by atoms with Crippen molar-refractivity contribution in [1.82, 2.24) is 4.90 Å². The molecular weight excluding hydrogens is 233 g/mol. The van der Waals surface area contributed by atoms with E-state index >= 15 is 0 Å². The predicted molar refractivity (Wildman–Crippen MR) is 65.1 cm³/mol. The Bertz CT molecular complexity index is 505. The van der Waals surface area contributed by atoms with E-state index in [-0.39, 0.29) is 17.6 Å². The van der Waals surface area contributed by atoms with Crippen molar-refractivity contribution in [3.8, 4) is 6.07 Å². The molecular formula is C13H14FN3O. The maximum Gasteiger partial charge on any atom is 0.254 e. The van der Waals surface area contributed by atoms with Gasteiger partial charge in [-0.25, -0.2) is 4.39 Å². The first kappa shape index (κ1) is 12.4. The predicted octanol–water partition coefficient (Wildman–Crippen LogP) is 1.93. The van der Waals surface area contributed by atoms with Gasteiger partial charge in [0.25, 0.3) is 5.91 Å². The molecule has 0 unspecified atom stereocenters. The van der Waals surface area contributed by atoms with Crippen molar-refractivity contribution >= 4 is 11.6 Å². The summed E-state index contributed by atoms with van der Waals surface area (Å²) in [7, 11) is 0. The molecule has 1 amide bonds. The lowest BCUT2D eigenvalue weighted by Gasteiger charge is -2.21. The summed E-state index contributed by atoms with van der Waals surface area (Å²) < 4.78 is 13.0. The van der Waals surface area contributed by atoms with E-state index < -0.39 is 5.82 Å². The molecule has 94 valence electrons. The lowest BCUT2D eigenvalue weighted by Crippen LogP contribution is -2.34. The fraction of sp³-hybridized carbons (Fsp3) is 0.385. The average Bonchev–Trinajstić information content (AvgIpc) is 3.17. The van der Waals surface area contributed by atoms with Crippen LogP contribution in [0.5, 0.6) is 0 Å². The minimum absolute atomic E-state index is 0.0307. The van der Waals surface area contributed by atoms with Gasteiger partial charge >= 0.3 is 0 Å². The molecule has 18 heavy (non-hydrogen) atoms. The van der Waals surface area contributed by atoms with E-state index in [1.807, 2.05) is 6.07 Å². The van der Waals surface area contributed by atoms with Crippen molar-refractivity contribution in [2.45, 2.75) is 25.3 Å². The number of amides is 1. The van der Waals surface area contributed by atoms with E-state index in [0.29, 0.717) is 18.5 Å². The Morgan fingerprint density at radius 2 is 2.28 bits per heavy atom. The molecule has 0 bridgehead atoms. The highest BCUT2D eigenvalue weighted by molar-refractivity contribution is 5.95.